The second-order valence-electron chi connectivity index (χ2n) is 4.87. The van der Waals surface area contributed by atoms with Crippen molar-refractivity contribution in [3.05, 3.63) is 48.5 Å². The molecule has 4 rings (SSSR count). The van der Waals surface area contributed by atoms with Gasteiger partial charge in [0.2, 0.25) is 5.88 Å². The molecule has 0 N–H and O–H groups in total. The number of para-hydroxylation sites is 1. The van der Waals surface area contributed by atoms with Crippen molar-refractivity contribution in [2.75, 3.05) is 14.2 Å². The van der Waals surface area contributed by atoms with Gasteiger partial charge < -0.3 is 9.47 Å². The van der Waals surface area contributed by atoms with Gasteiger partial charge in [0.1, 0.15) is 16.8 Å². The normalized spacial score (nSPS) is 11.3. The second kappa shape index (κ2) is 4.38. The third-order valence-electron chi connectivity index (χ3n) is 3.76. The van der Waals surface area contributed by atoms with Gasteiger partial charge in [0, 0.05) is 5.39 Å². The highest BCUT2D eigenvalue weighted by atomic mass is 16.5. The molecule has 0 bridgehead atoms. The van der Waals surface area contributed by atoms with Crippen molar-refractivity contribution in [1.82, 2.24) is 9.38 Å². The highest BCUT2D eigenvalue weighted by Crippen LogP contribution is 2.36. The van der Waals surface area contributed by atoms with Crippen LogP contribution in [-0.2, 0) is 0 Å². The molecule has 4 aromatic rings. The molecule has 21 heavy (non-hydrogen) atoms. The van der Waals surface area contributed by atoms with Crippen molar-refractivity contribution in [3.63, 3.8) is 0 Å². The van der Waals surface area contributed by atoms with E-state index < -0.39 is 0 Å². The molecule has 2 heterocycles. The van der Waals surface area contributed by atoms with Crippen LogP contribution in [0.2, 0.25) is 0 Å². The predicted molar refractivity (Wildman–Crippen MR) is 83.3 cm³/mol. The van der Waals surface area contributed by atoms with E-state index >= 15 is 0 Å². The van der Waals surface area contributed by atoms with Crippen LogP contribution >= 0.6 is 0 Å². The number of benzene rings is 2. The Hall–Kier alpha value is -2.75. The Balaban J connectivity index is 2.30. The van der Waals surface area contributed by atoms with Crippen molar-refractivity contribution >= 4 is 27.5 Å². The molecule has 0 unspecified atom stereocenters. The SMILES string of the molecule is COc1cccc2nc3cc4ccccc4n3c(OC)c12. The fraction of sp³-hybridized carbons (Fsp3) is 0.118. The average Bonchev–Trinajstić information content (AvgIpc) is 2.90. The summed E-state index contributed by atoms with van der Waals surface area (Å²) in [5.74, 6) is 1.50. The molecule has 0 saturated carbocycles. The summed E-state index contributed by atoms with van der Waals surface area (Å²) in [6.45, 7) is 0. The smallest absolute Gasteiger partial charge is 0.213 e. The quantitative estimate of drug-likeness (QED) is 0.561. The first-order chi connectivity index (χ1) is 10.3. The summed E-state index contributed by atoms with van der Waals surface area (Å²) in [6, 6.07) is 16.1. The lowest BCUT2D eigenvalue weighted by molar-refractivity contribution is 0.391. The summed E-state index contributed by atoms with van der Waals surface area (Å²) in [7, 11) is 3.33. The van der Waals surface area contributed by atoms with Gasteiger partial charge in [0.25, 0.3) is 0 Å². The van der Waals surface area contributed by atoms with E-state index in [0.717, 1.165) is 39.1 Å². The molecule has 0 aliphatic carbocycles. The van der Waals surface area contributed by atoms with E-state index in [9.17, 15) is 0 Å². The van der Waals surface area contributed by atoms with Crippen molar-refractivity contribution in [2.24, 2.45) is 0 Å². The van der Waals surface area contributed by atoms with Crippen molar-refractivity contribution in [1.29, 1.82) is 0 Å². The van der Waals surface area contributed by atoms with Crippen molar-refractivity contribution < 1.29 is 9.47 Å². The van der Waals surface area contributed by atoms with Gasteiger partial charge in [-0.05, 0) is 24.3 Å². The van der Waals surface area contributed by atoms with Crippen LogP contribution in [0.25, 0.3) is 27.5 Å². The number of nitrogens with zero attached hydrogens (tertiary/aromatic N) is 2. The topological polar surface area (TPSA) is 35.8 Å². The molecule has 4 heteroatoms. The molecule has 0 atom stereocenters. The first-order valence-corrected chi connectivity index (χ1v) is 6.74. The van der Waals surface area contributed by atoms with Crippen LogP contribution in [0, 0.1) is 0 Å². The van der Waals surface area contributed by atoms with E-state index in [0.29, 0.717) is 0 Å². The van der Waals surface area contributed by atoms with E-state index in [1.165, 1.54) is 0 Å². The average molecular weight is 278 g/mol. The zero-order valence-corrected chi connectivity index (χ0v) is 11.8. The molecule has 0 aliphatic heterocycles. The molecule has 0 amide bonds. The monoisotopic (exact) mass is 278 g/mol. The molecule has 0 fully saturated rings. The largest absolute Gasteiger partial charge is 0.496 e. The van der Waals surface area contributed by atoms with Gasteiger partial charge in [-0.3, -0.25) is 4.40 Å². The van der Waals surface area contributed by atoms with E-state index in [4.69, 9.17) is 14.5 Å². The van der Waals surface area contributed by atoms with Gasteiger partial charge in [0.05, 0.1) is 25.3 Å². The number of hydrogen-bond donors (Lipinski definition) is 0. The van der Waals surface area contributed by atoms with E-state index in [1.54, 1.807) is 14.2 Å². The van der Waals surface area contributed by atoms with Gasteiger partial charge in [-0.1, -0.05) is 24.3 Å². The summed E-state index contributed by atoms with van der Waals surface area (Å²) in [5, 5.41) is 2.02. The predicted octanol–water partition coefficient (Wildman–Crippen LogP) is 3.66. The lowest BCUT2D eigenvalue weighted by atomic mass is 10.2. The minimum atomic E-state index is 0.744. The number of aromatic nitrogens is 2. The maximum absolute atomic E-state index is 5.69. The summed E-state index contributed by atoms with van der Waals surface area (Å²) in [5.41, 5.74) is 2.81. The first kappa shape index (κ1) is 12.0. The highest BCUT2D eigenvalue weighted by Gasteiger charge is 2.16. The van der Waals surface area contributed by atoms with E-state index in [2.05, 4.69) is 18.2 Å². The zero-order valence-electron chi connectivity index (χ0n) is 11.8. The second-order valence-corrected chi connectivity index (χ2v) is 4.87. The summed E-state index contributed by atoms with van der Waals surface area (Å²) < 4.78 is 13.2. The minimum absolute atomic E-state index is 0.744. The minimum Gasteiger partial charge on any atom is -0.496 e. The van der Waals surface area contributed by atoms with Gasteiger partial charge in [-0.2, -0.15) is 0 Å². The molecule has 104 valence electrons. The molecule has 2 aromatic heterocycles. The van der Waals surface area contributed by atoms with Gasteiger partial charge >= 0.3 is 0 Å². The van der Waals surface area contributed by atoms with Crippen LogP contribution in [0.5, 0.6) is 11.6 Å². The molecular formula is C17H14N2O2. The highest BCUT2D eigenvalue weighted by molar-refractivity contribution is 5.96. The van der Waals surface area contributed by atoms with Gasteiger partial charge in [-0.25, -0.2) is 4.98 Å². The fourth-order valence-corrected chi connectivity index (χ4v) is 2.86. The Morgan fingerprint density at radius 2 is 1.81 bits per heavy atom. The third-order valence-corrected chi connectivity index (χ3v) is 3.76. The van der Waals surface area contributed by atoms with Crippen molar-refractivity contribution in [3.8, 4) is 11.6 Å². The molecule has 0 aliphatic rings. The maximum atomic E-state index is 5.69. The maximum Gasteiger partial charge on any atom is 0.213 e. The first-order valence-electron chi connectivity index (χ1n) is 6.74. The van der Waals surface area contributed by atoms with Crippen LogP contribution in [-0.4, -0.2) is 23.6 Å². The fourth-order valence-electron chi connectivity index (χ4n) is 2.86. The van der Waals surface area contributed by atoms with Crippen LogP contribution in [0.1, 0.15) is 0 Å². The summed E-state index contributed by atoms with van der Waals surface area (Å²) in [4.78, 5) is 4.74. The molecule has 0 saturated heterocycles. The van der Waals surface area contributed by atoms with Crippen LogP contribution in [0.3, 0.4) is 0 Å². The van der Waals surface area contributed by atoms with Crippen LogP contribution in [0.4, 0.5) is 0 Å². The van der Waals surface area contributed by atoms with E-state index in [-0.39, 0.29) is 0 Å². The standard InChI is InChI=1S/C17H14N2O2/c1-20-14-9-5-7-12-16(14)17(21-2)19-13-8-4-3-6-11(13)10-15(19)18-12/h3-10H,1-2H3. The molecule has 2 aromatic carbocycles. The number of hydrogen-bond acceptors (Lipinski definition) is 3. The van der Waals surface area contributed by atoms with E-state index in [1.807, 2.05) is 34.7 Å². The van der Waals surface area contributed by atoms with Gasteiger partial charge in [0.15, 0.2) is 0 Å². The zero-order chi connectivity index (χ0) is 14.4. The van der Waals surface area contributed by atoms with Gasteiger partial charge in [-0.15, -0.1) is 0 Å². The van der Waals surface area contributed by atoms with Crippen LogP contribution < -0.4 is 9.47 Å². The number of methoxy groups -OCH3 is 2. The lowest BCUT2D eigenvalue weighted by Crippen LogP contribution is -1.99. The van der Waals surface area contributed by atoms with Crippen LogP contribution in [0.15, 0.2) is 48.5 Å². The third kappa shape index (κ3) is 1.59. The number of rotatable bonds is 2. The molecular weight excluding hydrogens is 264 g/mol. The summed E-state index contributed by atoms with van der Waals surface area (Å²) >= 11 is 0. The lowest BCUT2D eigenvalue weighted by Gasteiger charge is -2.12. The Bertz CT molecular complexity index is 973. The molecule has 4 nitrogen and oxygen atoms in total. The summed E-state index contributed by atoms with van der Waals surface area (Å²) in [6.07, 6.45) is 0. The number of ether oxygens (including phenoxy) is 2. The molecule has 0 spiro atoms. The Kier molecular flexibility index (Phi) is 2.51. The number of fused-ring (bicyclic) bond motifs is 4. The Labute approximate surface area is 121 Å². The van der Waals surface area contributed by atoms with Crippen molar-refractivity contribution in [2.45, 2.75) is 0 Å². The molecule has 0 radical (unpaired) electrons. The Morgan fingerprint density at radius 1 is 0.952 bits per heavy atom. The Morgan fingerprint density at radius 3 is 2.62 bits per heavy atom.